The van der Waals surface area contributed by atoms with E-state index in [1.54, 1.807) is 12.1 Å². The van der Waals surface area contributed by atoms with Crippen LogP contribution in [-0.2, 0) is 17.8 Å². The minimum Gasteiger partial charge on any atom is -0.493 e. The maximum atomic E-state index is 12.6. The van der Waals surface area contributed by atoms with Gasteiger partial charge in [-0.1, -0.05) is 60.7 Å². The predicted molar refractivity (Wildman–Crippen MR) is 126 cm³/mol. The first-order valence-electron chi connectivity index (χ1n) is 10.6. The first-order chi connectivity index (χ1) is 16.1. The third kappa shape index (κ3) is 7.00. The molecule has 172 valence electrons. The third-order valence-corrected chi connectivity index (χ3v) is 4.94. The number of hydrogen-bond acceptors (Lipinski definition) is 5. The maximum absolute atomic E-state index is 12.6. The van der Waals surface area contributed by atoms with E-state index in [2.05, 4.69) is 10.6 Å². The van der Waals surface area contributed by atoms with Gasteiger partial charge in [-0.25, -0.2) is 0 Å². The van der Waals surface area contributed by atoms with Crippen LogP contribution in [0, 0.1) is 0 Å². The van der Waals surface area contributed by atoms with Crippen LogP contribution in [-0.4, -0.2) is 39.1 Å². The summed E-state index contributed by atoms with van der Waals surface area (Å²) in [5.41, 5.74) is 2.42. The van der Waals surface area contributed by atoms with Gasteiger partial charge >= 0.3 is 0 Å². The molecule has 2 N–H and O–H groups in total. The smallest absolute Gasteiger partial charge is 0.251 e. The first kappa shape index (κ1) is 23.7. The Labute approximate surface area is 193 Å². The molecule has 3 aromatic carbocycles. The highest BCUT2D eigenvalue weighted by atomic mass is 16.5. The van der Waals surface area contributed by atoms with Crippen LogP contribution in [0.25, 0.3) is 0 Å². The topological polar surface area (TPSA) is 85.9 Å². The van der Waals surface area contributed by atoms with Crippen LogP contribution in [0.5, 0.6) is 17.2 Å². The van der Waals surface area contributed by atoms with Gasteiger partial charge in [-0.3, -0.25) is 9.59 Å². The zero-order valence-electron chi connectivity index (χ0n) is 18.8. The van der Waals surface area contributed by atoms with Crippen molar-refractivity contribution in [1.29, 1.82) is 0 Å². The van der Waals surface area contributed by atoms with Crippen molar-refractivity contribution in [2.75, 3.05) is 27.3 Å². The Bertz CT molecular complexity index is 1030. The van der Waals surface area contributed by atoms with Crippen molar-refractivity contribution < 1.29 is 23.8 Å². The zero-order valence-corrected chi connectivity index (χ0v) is 18.8. The molecule has 0 spiro atoms. The van der Waals surface area contributed by atoms with Gasteiger partial charge < -0.3 is 24.8 Å². The number of methoxy groups -OCH3 is 2. The second kappa shape index (κ2) is 12.1. The van der Waals surface area contributed by atoms with Crippen molar-refractivity contribution in [3.05, 3.63) is 89.5 Å². The summed E-state index contributed by atoms with van der Waals surface area (Å²) in [5, 5.41) is 5.43. The second-order valence-electron chi connectivity index (χ2n) is 7.25. The molecule has 0 saturated heterocycles. The van der Waals surface area contributed by atoms with Crippen LogP contribution in [0.15, 0.2) is 72.8 Å². The molecule has 0 aliphatic carbocycles. The molecule has 0 aromatic heterocycles. The van der Waals surface area contributed by atoms with Crippen molar-refractivity contribution in [1.82, 2.24) is 10.6 Å². The van der Waals surface area contributed by atoms with Crippen LogP contribution >= 0.6 is 0 Å². The van der Waals surface area contributed by atoms with Crippen molar-refractivity contribution in [2.45, 2.75) is 13.0 Å². The van der Waals surface area contributed by atoms with Gasteiger partial charge in [-0.05, 0) is 29.7 Å². The molecule has 0 heterocycles. The summed E-state index contributed by atoms with van der Waals surface area (Å²) in [6.07, 6.45) is 0.722. The summed E-state index contributed by atoms with van der Waals surface area (Å²) in [6.45, 7) is 0.681. The highest BCUT2D eigenvalue weighted by Crippen LogP contribution is 2.39. The van der Waals surface area contributed by atoms with Gasteiger partial charge in [0.1, 0.15) is 6.61 Å². The molecule has 0 unspecified atom stereocenters. The van der Waals surface area contributed by atoms with Gasteiger partial charge in [-0.15, -0.1) is 0 Å². The molecule has 0 fully saturated rings. The summed E-state index contributed by atoms with van der Waals surface area (Å²) in [6, 6.07) is 22.7. The Morgan fingerprint density at radius 1 is 0.788 bits per heavy atom. The van der Waals surface area contributed by atoms with Crippen molar-refractivity contribution in [3.63, 3.8) is 0 Å². The highest BCUT2D eigenvalue weighted by molar-refractivity contribution is 5.97. The number of hydrogen-bond donors (Lipinski definition) is 2. The molecule has 0 radical (unpaired) electrons. The van der Waals surface area contributed by atoms with Crippen LogP contribution < -0.4 is 24.8 Å². The lowest BCUT2D eigenvalue weighted by atomic mass is 10.1. The molecule has 0 atom stereocenters. The summed E-state index contributed by atoms with van der Waals surface area (Å²) in [5.74, 6) is 0.449. The summed E-state index contributed by atoms with van der Waals surface area (Å²) < 4.78 is 16.8. The SMILES string of the molecule is COc1cc(C(=O)NCC(=O)NCCc2ccccc2)cc(OC)c1OCc1ccccc1. The van der Waals surface area contributed by atoms with Crippen molar-refractivity contribution in [2.24, 2.45) is 0 Å². The lowest BCUT2D eigenvalue weighted by Gasteiger charge is -2.16. The van der Waals surface area contributed by atoms with Gasteiger partial charge in [0, 0.05) is 12.1 Å². The molecule has 3 rings (SSSR count). The predicted octanol–water partition coefficient (Wildman–Crippen LogP) is 3.37. The Kier molecular flexibility index (Phi) is 8.71. The summed E-state index contributed by atoms with van der Waals surface area (Å²) in [4.78, 5) is 24.7. The Morgan fingerprint density at radius 3 is 1.94 bits per heavy atom. The molecule has 33 heavy (non-hydrogen) atoms. The lowest BCUT2D eigenvalue weighted by molar-refractivity contribution is -0.120. The molecule has 0 saturated carbocycles. The number of amides is 2. The Hall–Kier alpha value is -4.00. The maximum Gasteiger partial charge on any atom is 0.251 e. The molecular weight excluding hydrogens is 420 g/mol. The second-order valence-corrected chi connectivity index (χ2v) is 7.25. The highest BCUT2D eigenvalue weighted by Gasteiger charge is 2.18. The monoisotopic (exact) mass is 448 g/mol. The number of benzene rings is 3. The fourth-order valence-electron chi connectivity index (χ4n) is 3.20. The van der Waals surface area contributed by atoms with E-state index in [9.17, 15) is 9.59 Å². The van der Waals surface area contributed by atoms with Gasteiger partial charge in [0.25, 0.3) is 5.91 Å². The number of nitrogens with one attached hydrogen (secondary N) is 2. The van der Waals surface area contributed by atoms with E-state index in [0.29, 0.717) is 36.0 Å². The van der Waals surface area contributed by atoms with Crippen molar-refractivity contribution >= 4 is 11.8 Å². The molecule has 3 aromatic rings. The van der Waals surface area contributed by atoms with Crippen molar-refractivity contribution in [3.8, 4) is 17.2 Å². The minimum atomic E-state index is -0.417. The fourth-order valence-corrected chi connectivity index (χ4v) is 3.20. The average Bonchev–Trinajstić information content (AvgIpc) is 2.86. The lowest BCUT2D eigenvalue weighted by Crippen LogP contribution is -2.37. The van der Waals surface area contributed by atoms with Crippen LogP contribution in [0.3, 0.4) is 0 Å². The van der Waals surface area contributed by atoms with Crippen LogP contribution in [0.4, 0.5) is 0 Å². The molecule has 7 heteroatoms. The first-order valence-corrected chi connectivity index (χ1v) is 10.6. The van der Waals surface area contributed by atoms with Gasteiger partial charge in [0.05, 0.1) is 20.8 Å². The molecule has 7 nitrogen and oxygen atoms in total. The van der Waals surface area contributed by atoms with Crippen LogP contribution in [0.2, 0.25) is 0 Å². The quantitative estimate of drug-likeness (QED) is 0.470. The van der Waals surface area contributed by atoms with E-state index < -0.39 is 5.91 Å². The van der Waals surface area contributed by atoms with E-state index in [-0.39, 0.29) is 12.5 Å². The molecule has 0 aliphatic heterocycles. The number of carbonyl (C=O) groups is 2. The van der Waals surface area contributed by atoms with E-state index >= 15 is 0 Å². The molecular formula is C26H28N2O5. The average molecular weight is 449 g/mol. The van der Waals surface area contributed by atoms with Gasteiger partial charge in [0.2, 0.25) is 11.7 Å². The van der Waals surface area contributed by atoms with Crippen LogP contribution in [0.1, 0.15) is 21.5 Å². The number of rotatable bonds is 11. The molecule has 0 aliphatic rings. The standard InChI is InChI=1S/C26H28N2O5/c1-31-22-15-21(16-23(32-2)25(22)33-18-20-11-7-4-8-12-20)26(30)28-17-24(29)27-14-13-19-9-5-3-6-10-19/h3-12,15-16H,13-14,17-18H2,1-2H3,(H,27,29)(H,28,30). The summed E-state index contributed by atoms with van der Waals surface area (Å²) >= 11 is 0. The Morgan fingerprint density at radius 2 is 1.36 bits per heavy atom. The largest absolute Gasteiger partial charge is 0.493 e. The van der Waals surface area contributed by atoms with E-state index in [4.69, 9.17) is 14.2 Å². The van der Waals surface area contributed by atoms with E-state index in [0.717, 1.165) is 17.5 Å². The van der Waals surface area contributed by atoms with E-state index in [1.165, 1.54) is 14.2 Å². The fraction of sp³-hybridized carbons (Fsp3) is 0.231. The summed E-state index contributed by atoms with van der Waals surface area (Å²) in [7, 11) is 2.98. The molecule has 0 bridgehead atoms. The normalized spacial score (nSPS) is 10.2. The van der Waals surface area contributed by atoms with E-state index in [1.807, 2.05) is 60.7 Å². The molecule has 2 amide bonds. The minimum absolute atomic E-state index is 0.134. The number of carbonyl (C=O) groups excluding carboxylic acids is 2. The Balaban J connectivity index is 1.57. The van der Waals surface area contributed by atoms with Gasteiger partial charge in [-0.2, -0.15) is 0 Å². The third-order valence-electron chi connectivity index (χ3n) is 4.94. The zero-order chi connectivity index (χ0) is 23.5. The number of ether oxygens (including phenoxy) is 3. The van der Waals surface area contributed by atoms with Gasteiger partial charge in [0.15, 0.2) is 11.5 Å².